The summed E-state index contributed by atoms with van der Waals surface area (Å²) in [5.41, 5.74) is 0.379. The standard InChI is InChI=1S/C13H13O3P.2C6H6O/c14-17(15,16)13(11-7-3-1-4-8-11)12-9-5-2-6-10-12;2*7-6-4-2-1-3-5-6/h1-10,13H,(H2,14,15,16);2*1-5,7H. The highest BCUT2D eigenvalue weighted by Gasteiger charge is 2.31. The second-order valence-electron chi connectivity index (χ2n) is 6.48. The zero-order chi connectivity index (χ0) is 22.5. The summed E-state index contributed by atoms with van der Waals surface area (Å²) in [6.07, 6.45) is 0. The molecule has 0 aromatic heterocycles. The van der Waals surface area contributed by atoms with Crippen LogP contribution in [-0.2, 0) is 4.57 Å². The SMILES string of the molecule is O=P(O)(O)C(c1ccccc1)c1ccccc1.Oc1ccccc1.Oc1ccccc1. The van der Waals surface area contributed by atoms with Gasteiger partial charge in [0.1, 0.15) is 17.2 Å². The number of aromatic hydroxyl groups is 2. The Morgan fingerprint density at radius 1 is 0.484 bits per heavy atom. The molecule has 0 unspecified atom stereocenters. The topological polar surface area (TPSA) is 98.0 Å². The molecule has 0 radical (unpaired) electrons. The van der Waals surface area contributed by atoms with Crippen LogP contribution in [0.25, 0.3) is 0 Å². The van der Waals surface area contributed by atoms with Gasteiger partial charge in [0.25, 0.3) is 0 Å². The summed E-state index contributed by atoms with van der Waals surface area (Å²) in [6, 6.07) is 35.1. The molecule has 0 bridgehead atoms. The van der Waals surface area contributed by atoms with Crippen molar-refractivity contribution in [3.63, 3.8) is 0 Å². The summed E-state index contributed by atoms with van der Waals surface area (Å²) in [6.45, 7) is 0. The zero-order valence-corrected chi connectivity index (χ0v) is 17.7. The maximum atomic E-state index is 11.6. The molecule has 0 fully saturated rings. The fourth-order valence-corrected chi connectivity index (χ4v) is 3.83. The highest BCUT2D eigenvalue weighted by molar-refractivity contribution is 7.52. The minimum absolute atomic E-state index is 0.322. The summed E-state index contributed by atoms with van der Waals surface area (Å²) in [7, 11) is -4.22. The highest BCUT2D eigenvalue weighted by Crippen LogP contribution is 2.55. The van der Waals surface area contributed by atoms with E-state index in [1.807, 2.05) is 24.3 Å². The fraction of sp³-hybridized carbons (Fsp3) is 0.0400. The number of phenolic OH excluding ortho intramolecular Hbond substituents is 2. The van der Waals surface area contributed by atoms with E-state index < -0.39 is 13.3 Å². The van der Waals surface area contributed by atoms with E-state index in [0.29, 0.717) is 22.6 Å². The van der Waals surface area contributed by atoms with E-state index in [-0.39, 0.29) is 0 Å². The van der Waals surface area contributed by atoms with Gasteiger partial charge in [-0.05, 0) is 35.4 Å². The Hall–Kier alpha value is -3.37. The Morgan fingerprint density at radius 2 is 0.742 bits per heavy atom. The molecule has 4 N–H and O–H groups in total. The molecule has 0 aliphatic rings. The van der Waals surface area contributed by atoms with E-state index in [9.17, 15) is 14.4 Å². The maximum absolute atomic E-state index is 11.6. The van der Waals surface area contributed by atoms with Crippen molar-refractivity contribution in [2.45, 2.75) is 5.66 Å². The molecule has 0 amide bonds. The highest BCUT2D eigenvalue weighted by atomic mass is 31.2. The number of para-hydroxylation sites is 2. The summed E-state index contributed by atoms with van der Waals surface area (Å²) in [5, 5.41) is 17.3. The van der Waals surface area contributed by atoms with Gasteiger partial charge in [-0.1, -0.05) is 97.1 Å². The van der Waals surface area contributed by atoms with Gasteiger partial charge in [-0.15, -0.1) is 0 Å². The predicted octanol–water partition coefficient (Wildman–Crippen LogP) is 5.74. The van der Waals surface area contributed by atoms with Crippen LogP contribution in [-0.4, -0.2) is 20.0 Å². The molecule has 6 heteroatoms. The zero-order valence-electron chi connectivity index (χ0n) is 16.8. The van der Waals surface area contributed by atoms with Crippen molar-refractivity contribution in [3.8, 4) is 11.5 Å². The van der Waals surface area contributed by atoms with Crippen molar-refractivity contribution in [2.75, 3.05) is 0 Å². The molecule has 5 nitrogen and oxygen atoms in total. The van der Waals surface area contributed by atoms with Crippen LogP contribution in [0.4, 0.5) is 0 Å². The Labute approximate surface area is 182 Å². The summed E-state index contributed by atoms with van der Waals surface area (Å²) >= 11 is 0. The van der Waals surface area contributed by atoms with E-state index in [4.69, 9.17) is 10.2 Å². The van der Waals surface area contributed by atoms with E-state index in [1.54, 1.807) is 97.1 Å². The molecule has 160 valence electrons. The molecule has 0 atom stereocenters. The first-order chi connectivity index (χ1) is 14.9. The van der Waals surface area contributed by atoms with Gasteiger partial charge in [-0.2, -0.15) is 0 Å². The quantitative estimate of drug-likeness (QED) is 0.307. The van der Waals surface area contributed by atoms with E-state index in [1.165, 1.54) is 0 Å². The third-order valence-electron chi connectivity index (χ3n) is 4.08. The van der Waals surface area contributed by atoms with Crippen LogP contribution in [0.1, 0.15) is 16.8 Å². The monoisotopic (exact) mass is 436 g/mol. The maximum Gasteiger partial charge on any atom is 0.337 e. The van der Waals surface area contributed by atoms with Gasteiger partial charge in [0.2, 0.25) is 0 Å². The summed E-state index contributed by atoms with van der Waals surface area (Å²) in [4.78, 5) is 19.0. The van der Waals surface area contributed by atoms with Gasteiger partial charge < -0.3 is 20.0 Å². The van der Waals surface area contributed by atoms with Gasteiger partial charge in [-0.25, -0.2) is 0 Å². The summed E-state index contributed by atoms with van der Waals surface area (Å²) in [5.74, 6) is 0.644. The van der Waals surface area contributed by atoms with E-state index in [2.05, 4.69) is 0 Å². The lowest BCUT2D eigenvalue weighted by Gasteiger charge is -2.19. The molecule has 0 saturated carbocycles. The van der Waals surface area contributed by atoms with Crippen molar-refractivity contribution < 1.29 is 24.6 Å². The smallest absolute Gasteiger partial charge is 0.337 e. The molecule has 0 heterocycles. The van der Waals surface area contributed by atoms with Crippen LogP contribution in [0.3, 0.4) is 0 Å². The van der Waals surface area contributed by atoms with Gasteiger partial charge in [0.15, 0.2) is 0 Å². The van der Waals surface area contributed by atoms with Crippen LogP contribution in [0.5, 0.6) is 11.5 Å². The summed E-state index contributed by atoms with van der Waals surface area (Å²) < 4.78 is 11.6. The predicted molar refractivity (Wildman–Crippen MR) is 123 cm³/mol. The van der Waals surface area contributed by atoms with Crippen molar-refractivity contribution in [2.24, 2.45) is 0 Å². The first-order valence-corrected chi connectivity index (χ1v) is 11.2. The Bertz CT molecular complexity index is 959. The third kappa shape index (κ3) is 8.89. The van der Waals surface area contributed by atoms with Crippen LogP contribution >= 0.6 is 7.60 Å². The Balaban J connectivity index is 0.000000199. The second-order valence-corrected chi connectivity index (χ2v) is 8.18. The molecule has 31 heavy (non-hydrogen) atoms. The minimum Gasteiger partial charge on any atom is -0.508 e. The molecule has 0 spiro atoms. The molecular formula is C25H25O5P. The minimum atomic E-state index is -4.22. The lowest BCUT2D eigenvalue weighted by Crippen LogP contribution is -2.01. The molecule has 0 aliphatic carbocycles. The van der Waals surface area contributed by atoms with Crippen molar-refractivity contribution in [3.05, 3.63) is 132 Å². The lowest BCUT2D eigenvalue weighted by atomic mass is 10.0. The van der Waals surface area contributed by atoms with Crippen molar-refractivity contribution >= 4 is 7.60 Å². The van der Waals surface area contributed by atoms with E-state index >= 15 is 0 Å². The van der Waals surface area contributed by atoms with Gasteiger partial charge in [0.05, 0.1) is 0 Å². The number of benzene rings is 4. The number of phenols is 2. The average molecular weight is 436 g/mol. The number of rotatable bonds is 3. The van der Waals surface area contributed by atoms with Crippen LogP contribution in [0.15, 0.2) is 121 Å². The number of hydrogen-bond acceptors (Lipinski definition) is 3. The molecule has 4 rings (SSSR count). The first-order valence-electron chi connectivity index (χ1n) is 9.51. The number of hydrogen-bond donors (Lipinski definition) is 4. The third-order valence-corrected chi connectivity index (χ3v) is 5.35. The second kappa shape index (κ2) is 12.4. The van der Waals surface area contributed by atoms with Crippen LogP contribution in [0.2, 0.25) is 0 Å². The van der Waals surface area contributed by atoms with Crippen molar-refractivity contribution in [1.82, 2.24) is 0 Å². The van der Waals surface area contributed by atoms with Gasteiger partial charge in [-0.3, -0.25) is 4.57 Å². The lowest BCUT2D eigenvalue weighted by molar-refractivity contribution is 0.364. The Kier molecular flexibility index (Phi) is 9.53. The van der Waals surface area contributed by atoms with Gasteiger partial charge in [0, 0.05) is 0 Å². The van der Waals surface area contributed by atoms with Crippen LogP contribution < -0.4 is 0 Å². The molecule has 4 aromatic carbocycles. The van der Waals surface area contributed by atoms with Crippen molar-refractivity contribution in [1.29, 1.82) is 0 Å². The molecule has 0 saturated heterocycles. The molecule has 0 aliphatic heterocycles. The van der Waals surface area contributed by atoms with E-state index in [0.717, 1.165) is 0 Å². The van der Waals surface area contributed by atoms with Crippen LogP contribution in [0, 0.1) is 0 Å². The molecular weight excluding hydrogens is 411 g/mol. The first kappa shape index (κ1) is 23.9. The average Bonchev–Trinajstić information content (AvgIpc) is 2.76. The van der Waals surface area contributed by atoms with Gasteiger partial charge >= 0.3 is 7.60 Å². The Morgan fingerprint density at radius 3 is 0.935 bits per heavy atom. The normalized spacial score (nSPS) is 10.3. The molecule has 4 aromatic rings. The fourth-order valence-electron chi connectivity index (χ4n) is 2.71. The largest absolute Gasteiger partial charge is 0.508 e.